The van der Waals surface area contributed by atoms with Crippen molar-refractivity contribution in [2.45, 2.75) is 6.54 Å². The fourth-order valence-electron chi connectivity index (χ4n) is 2.39. The van der Waals surface area contributed by atoms with Gasteiger partial charge in [0.15, 0.2) is 18.2 Å². The van der Waals surface area contributed by atoms with Gasteiger partial charge < -0.3 is 28.6 Å². The number of rotatable bonds is 4. The van der Waals surface area contributed by atoms with Gasteiger partial charge in [-0.15, -0.1) is 0 Å². The van der Waals surface area contributed by atoms with E-state index < -0.39 is 0 Å². The molecule has 5 N–H and O–H groups in total. The van der Waals surface area contributed by atoms with Crippen LogP contribution < -0.4 is 33.2 Å². The predicted octanol–water partition coefficient (Wildman–Crippen LogP) is -1.76. The molecule has 8 nitrogen and oxygen atoms in total. The zero-order valence-electron chi connectivity index (χ0n) is 14.5. The molecule has 136 valence electrons. The smallest absolute Gasteiger partial charge is 0.169 e. The van der Waals surface area contributed by atoms with Crippen molar-refractivity contribution < 1.29 is 21.7 Å². The molecule has 9 heteroatoms. The van der Waals surface area contributed by atoms with Crippen LogP contribution in [0, 0.1) is 5.41 Å². The van der Waals surface area contributed by atoms with Crippen LogP contribution in [0.4, 0.5) is 17.1 Å². The topological polar surface area (TPSA) is 117 Å². The molecule has 0 fully saturated rings. The maximum atomic E-state index is 8.28. The van der Waals surface area contributed by atoms with Crippen molar-refractivity contribution in [1.29, 1.82) is 5.41 Å². The van der Waals surface area contributed by atoms with Gasteiger partial charge in [0.05, 0.1) is 36.9 Å². The molecule has 1 aliphatic heterocycles. The molecule has 0 unspecified atom stereocenters. The summed E-state index contributed by atoms with van der Waals surface area (Å²) in [5.74, 6) is 0.701. The fourth-order valence-corrected chi connectivity index (χ4v) is 2.39. The van der Waals surface area contributed by atoms with Crippen LogP contribution in [0.5, 0.6) is 5.75 Å². The molecule has 0 bridgehead atoms. The van der Waals surface area contributed by atoms with Gasteiger partial charge in [-0.25, -0.2) is 14.6 Å². The van der Waals surface area contributed by atoms with E-state index in [0.29, 0.717) is 35.1 Å². The second-order valence-corrected chi connectivity index (χ2v) is 5.67. The van der Waals surface area contributed by atoms with E-state index in [2.05, 4.69) is 10.1 Å². The SMILES string of the molecule is COc1cc(N=C2C=NN(Cc3cc[n+](C)cc3)C2=N)c(N)cc1N.[Cl-]. The van der Waals surface area contributed by atoms with E-state index in [9.17, 15) is 0 Å². The molecule has 1 aromatic heterocycles. The Labute approximate surface area is 157 Å². The molecule has 0 amide bonds. The van der Waals surface area contributed by atoms with Crippen LogP contribution in [0.1, 0.15) is 5.56 Å². The highest BCUT2D eigenvalue weighted by atomic mass is 35.5. The van der Waals surface area contributed by atoms with E-state index in [1.165, 1.54) is 7.11 Å². The van der Waals surface area contributed by atoms with Gasteiger partial charge in [0.1, 0.15) is 18.5 Å². The first-order valence-electron chi connectivity index (χ1n) is 7.64. The zero-order valence-corrected chi connectivity index (χ0v) is 15.2. The summed E-state index contributed by atoms with van der Waals surface area (Å²) >= 11 is 0. The van der Waals surface area contributed by atoms with Gasteiger partial charge in [-0.05, 0) is 11.6 Å². The largest absolute Gasteiger partial charge is 1.00 e. The molecule has 26 heavy (non-hydrogen) atoms. The lowest BCUT2D eigenvalue weighted by Gasteiger charge is -2.13. The molecular weight excluding hydrogens is 354 g/mol. The minimum Gasteiger partial charge on any atom is -1.00 e. The minimum atomic E-state index is 0. The van der Waals surface area contributed by atoms with E-state index in [1.807, 2.05) is 36.1 Å². The number of methoxy groups -OCH3 is 1. The molecule has 1 aromatic carbocycles. The van der Waals surface area contributed by atoms with Crippen molar-refractivity contribution in [3.8, 4) is 5.75 Å². The van der Waals surface area contributed by atoms with Crippen LogP contribution in [-0.2, 0) is 13.6 Å². The standard InChI is InChI=1S/C17H20N7O.ClH/c1-23-5-3-11(4-6-23)10-24-17(20)15(9-21-24)22-14-8-16(25-2)13(19)7-12(14)18;/h3-9,20H,10,18-19H2,1-2H3;1H/q+1;/p-1. The number of hydrogen-bond acceptors (Lipinski definition) is 6. The molecule has 0 spiro atoms. The third-order valence-electron chi connectivity index (χ3n) is 3.82. The van der Waals surface area contributed by atoms with E-state index in [4.69, 9.17) is 21.6 Å². The third-order valence-corrected chi connectivity index (χ3v) is 3.82. The number of amidine groups is 1. The van der Waals surface area contributed by atoms with Gasteiger partial charge in [-0.1, -0.05) is 0 Å². The van der Waals surface area contributed by atoms with E-state index in [0.717, 1.165) is 5.56 Å². The van der Waals surface area contributed by atoms with Crippen molar-refractivity contribution in [2.24, 2.45) is 17.1 Å². The molecule has 2 aromatic rings. The van der Waals surface area contributed by atoms with Gasteiger partial charge in [0, 0.05) is 18.2 Å². The molecule has 0 atom stereocenters. The Kier molecular flexibility index (Phi) is 5.78. The van der Waals surface area contributed by atoms with Crippen LogP contribution in [0.15, 0.2) is 46.8 Å². The van der Waals surface area contributed by atoms with Crippen LogP contribution in [0.2, 0.25) is 0 Å². The Hall–Kier alpha value is -3.13. The number of anilines is 2. The lowest BCUT2D eigenvalue weighted by atomic mass is 10.2. The first kappa shape index (κ1) is 19.2. The van der Waals surface area contributed by atoms with Crippen LogP contribution in [0.25, 0.3) is 0 Å². The number of benzene rings is 1. The summed E-state index contributed by atoms with van der Waals surface area (Å²) in [5.41, 5.74) is 14.6. The normalized spacial score (nSPS) is 14.6. The summed E-state index contributed by atoms with van der Waals surface area (Å²) < 4.78 is 7.14. The molecule has 0 saturated carbocycles. The number of nitrogen functional groups attached to an aromatic ring is 2. The minimum absolute atomic E-state index is 0. The number of hydrogen-bond donors (Lipinski definition) is 3. The lowest BCUT2D eigenvalue weighted by Crippen LogP contribution is -3.00. The Morgan fingerprint density at radius 3 is 2.58 bits per heavy atom. The van der Waals surface area contributed by atoms with Gasteiger partial charge in [-0.2, -0.15) is 5.10 Å². The summed E-state index contributed by atoms with van der Waals surface area (Å²) in [4.78, 5) is 4.43. The maximum Gasteiger partial charge on any atom is 0.169 e. The first-order chi connectivity index (χ1) is 12.0. The Morgan fingerprint density at radius 2 is 1.92 bits per heavy atom. The Morgan fingerprint density at radius 1 is 1.23 bits per heavy atom. The molecule has 1 aliphatic rings. The van der Waals surface area contributed by atoms with Gasteiger partial charge in [0.2, 0.25) is 0 Å². The van der Waals surface area contributed by atoms with Crippen molar-refractivity contribution in [1.82, 2.24) is 5.01 Å². The van der Waals surface area contributed by atoms with Crippen molar-refractivity contribution >= 4 is 34.8 Å². The maximum absolute atomic E-state index is 8.28. The molecular formula is C17H20ClN7O. The van der Waals surface area contributed by atoms with E-state index >= 15 is 0 Å². The number of hydrazone groups is 1. The monoisotopic (exact) mass is 373 g/mol. The number of aryl methyl sites for hydroxylation is 1. The molecule has 0 radical (unpaired) electrons. The number of nitrogens with one attached hydrogen (secondary N) is 1. The quantitative estimate of drug-likeness (QED) is 0.434. The van der Waals surface area contributed by atoms with E-state index in [1.54, 1.807) is 23.4 Å². The summed E-state index contributed by atoms with van der Waals surface area (Å²) in [5, 5.41) is 14.1. The lowest BCUT2D eigenvalue weighted by molar-refractivity contribution is -0.671. The second kappa shape index (κ2) is 7.83. The number of nitrogens with two attached hydrogens (primary N) is 2. The van der Waals surface area contributed by atoms with Crippen LogP contribution in [0.3, 0.4) is 0 Å². The summed E-state index contributed by atoms with van der Waals surface area (Å²) in [6.45, 7) is 0.496. The third kappa shape index (κ3) is 3.92. The molecule has 2 heterocycles. The molecule has 0 aliphatic carbocycles. The highest BCUT2D eigenvalue weighted by Crippen LogP contribution is 2.33. The molecule has 3 rings (SSSR count). The average Bonchev–Trinajstić information content (AvgIpc) is 2.92. The number of ether oxygens (including phenoxy) is 1. The van der Waals surface area contributed by atoms with Crippen molar-refractivity contribution in [3.63, 3.8) is 0 Å². The van der Waals surface area contributed by atoms with Gasteiger partial charge in [-0.3, -0.25) is 5.41 Å². The highest BCUT2D eigenvalue weighted by Gasteiger charge is 2.21. The second-order valence-electron chi connectivity index (χ2n) is 5.67. The number of nitrogens with zero attached hydrogens (tertiary/aromatic N) is 4. The number of aromatic nitrogens is 1. The van der Waals surface area contributed by atoms with Crippen molar-refractivity contribution in [3.05, 3.63) is 42.2 Å². The van der Waals surface area contributed by atoms with E-state index in [-0.39, 0.29) is 18.2 Å². The first-order valence-corrected chi connectivity index (χ1v) is 7.64. The number of aliphatic imine (C=N–C) groups is 1. The van der Waals surface area contributed by atoms with Gasteiger partial charge in [0.25, 0.3) is 0 Å². The summed E-state index contributed by atoms with van der Waals surface area (Å²) in [6, 6.07) is 7.22. The average molecular weight is 374 g/mol. The van der Waals surface area contributed by atoms with Crippen LogP contribution >= 0.6 is 0 Å². The molecule has 0 saturated heterocycles. The Balaban J connectivity index is 0.00000243. The van der Waals surface area contributed by atoms with Gasteiger partial charge >= 0.3 is 0 Å². The number of halogens is 1. The predicted molar refractivity (Wildman–Crippen MR) is 98.3 cm³/mol. The summed E-state index contributed by atoms with van der Waals surface area (Å²) in [7, 11) is 3.48. The summed E-state index contributed by atoms with van der Waals surface area (Å²) in [6.07, 6.45) is 5.46. The van der Waals surface area contributed by atoms with Crippen molar-refractivity contribution in [2.75, 3.05) is 18.6 Å². The van der Waals surface area contributed by atoms with Crippen LogP contribution in [-0.4, -0.2) is 29.9 Å². The Bertz CT molecular complexity index is 877. The number of pyridine rings is 1. The highest BCUT2D eigenvalue weighted by molar-refractivity contribution is 6.63. The zero-order chi connectivity index (χ0) is 18.0. The fraction of sp³-hybridized carbons (Fsp3) is 0.176.